The molecule has 2 aromatic carbocycles. The van der Waals surface area contributed by atoms with Crippen molar-refractivity contribution in [3.05, 3.63) is 53.6 Å². The Labute approximate surface area is 186 Å². The fraction of sp³-hybridized carbons (Fsp3) is 0.278. The summed E-state index contributed by atoms with van der Waals surface area (Å²) < 4.78 is 74.4. The minimum absolute atomic E-state index is 0. The van der Waals surface area contributed by atoms with Gasteiger partial charge in [-0.05, 0) is 35.4 Å². The number of halogens is 6. The molecule has 0 aromatic heterocycles. The molecule has 0 aliphatic carbocycles. The van der Waals surface area contributed by atoms with E-state index in [1.807, 2.05) is 0 Å². The number of guanidine groups is 1. The first-order chi connectivity index (χ1) is 13.7. The molecule has 0 aliphatic heterocycles. The first-order valence-electron chi connectivity index (χ1n) is 8.16. The summed E-state index contributed by atoms with van der Waals surface area (Å²) in [6, 6.07) is 9.70. The van der Waals surface area contributed by atoms with Crippen LogP contribution in [0.1, 0.15) is 11.1 Å². The van der Waals surface area contributed by atoms with E-state index in [-0.39, 0.29) is 60.3 Å². The molecule has 0 saturated carbocycles. The lowest BCUT2D eigenvalue weighted by atomic mass is 10.2. The van der Waals surface area contributed by atoms with Crippen molar-refractivity contribution in [1.82, 2.24) is 5.32 Å². The summed E-state index contributed by atoms with van der Waals surface area (Å²) in [4.78, 5) is 4.08. The van der Waals surface area contributed by atoms with Gasteiger partial charge in [0.25, 0.3) is 0 Å². The molecule has 0 bridgehead atoms. The Morgan fingerprint density at radius 2 is 1.70 bits per heavy atom. The van der Waals surface area contributed by atoms with Crippen LogP contribution in [0.15, 0.2) is 47.5 Å². The molecular weight excluding hydrogens is 528 g/mol. The second kappa shape index (κ2) is 11.6. The number of nitrogens with two attached hydrogens (primary N) is 1. The molecule has 2 rings (SSSR count). The summed E-state index contributed by atoms with van der Waals surface area (Å²) in [6.07, 6.45) is -4.75. The third kappa shape index (κ3) is 8.88. The minimum atomic E-state index is -4.75. The largest absolute Gasteiger partial charge is 0.573 e. The maximum atomic E-state index is 12.5. The number of hydrogen-bond acceptors (Lipinski definition) is 4. The molecule has 0 fully saturated rings. The van der Waals surface area contributed by atoms with Gasteiger partial charge in [0.05, 0.1) is 13.7 Å². The van der Waals surface area contributed by atoms with Crippen molar-refractivity contribution in [3.63, 3.8) is 0 Å². The van der Waals surface area contributed by atoms with E-state index in [1.54, 1.807) is 6.07 Å². The van der Waals surface area contributed by atoms with Crippen molar-refractivity contribution >= 4 is 29.9 Å². The van der Waals surface area contributed by atoms with Crippen molar-refractivity contribution in [2.45, 2.75) is 26.1 Å². The molecule has 0 atom stereocenters. The van der Waals surface area contributed by atoms with Crippen molar-refractivity contribution in [2.75, 3.05) is 7.11 Å². The van der Waals surface area contributed by atoms with Crippen LogP contribution in [0.4, 0.5) is 22.0 Å². The van der Waals surface area contributed by atoms with Gasteiger partial charge >= 0.3 is 13.0 Å². The van der Waals surface area contributed by atoms with Crippen LogP contribution in [0.2, 0.25) is 0 Å². The summed E-state index contributed by atoms with van der Waals surface area (Å²) >= 11 is 0. The lowest BCUT2D eigenvalue weighted by Gasteiger charge is -2.11. The summed E-state index contributed by atoms with van der Waals surface area (Å²) in [6.45, 7) is -2.70. The molecule has 0 unspecified atom stereocenters. The van der Waals surface area contributed by atoms with Crippen LogP contribution >= 0.6 is 24.0 Å². The molecular formula is C18H19F5IN3O3. The molecule has 0 amide bonds. The quantitative estimate of drug-likeness (QED) is 0.222. The first kappa shape index (κ1) is 25.5. The number of ether oxygens (including phenoxy) is 3. The van der Waals surface area contributed by atoms with E-state index in [2.05, 4.69) is 19.8 Å². The maximum absolute atomic E-state index is 12.5. The van der Waals surface area contributed by atoms with E-state index >= 15 is 0 Å². The molecule has 0 heterocycles. The standard InChI is InChI=1S/C18H18F5N3O3.HI/c1-27-14-7-4-12(8-15(14)28-16(19)20)10-26-17(24)25-9-11-2-5-13(6-3-11)29-18(21,22)23;/h2-8,16H,9-10H2,1H3,(H3,24,25,26);1H. The SMILES string of the molecule is COc1ccc(CN=C(N)NCc2ccc(OC(F)(F)F)cc2)cc1OC(F)F.I. The predicted octanol–water partition coefficient (Wildman–Crippen LogP) is 4.42. The predicted molar refractivity (Wildman–Crippen MR) is 110 cm³/mol. The Balaban J connectivity index is 0.00000450. The van der Waals surface area contributed by atoms with Gasteiger partial charge in [0, 0.05) is 6.54 Å². The van der Waals surface area contributed by atoms with Gasteiger partial charge in [-0.15, -0.1) is 37.1 Å². The van der Waals surface area contributed by atoms with Crippen LogP contribution in [0.3, 0.4) is 0 Å². The third-order valence-electron chi connectivity index (χ3n) is 3.51. The van der Waals surface area contributed by atoms with Crippen LogP contribution in [-0.4, -0.2) is 26.0 Å². The number of benzene rings is 2. The van der Waals surface area contributed by atoms with Gasteiger partial charge in [0.2, 0.25) is 0 Å². The lowest BCUT2D eigenvalue weighted by molar-refractivity contribution is -0.274. The van der Waals surface area contributed by atoms with Gasteiger partial charge in [-0.1, -0.05) is 18.2 Å². The molecule has 30 heavy (non-hydrogen) atoms. The molecule has 6 nitrogen and oxygen atoms in total. The monoisotopic (exact) mass is 547 g/mol. The summed E-state index contributed by atoms with van der Waals surface area (Å²) in [7, 11) is 1.33. The molecule has 12 heteroatoms. The van der Waals surface area contributed by atoms with Gasteiger partial charge in [-0.3, -0.25) is 0 Å². The molecule has 0 radical (unpaired) electrons. The topological polar surface area (TPSA) is 78.1 Å². The highest BCUT2D eigenvalue weighted by Crippen LogP contribution is 2.29. The van der Waals surface area contributed by atoms with Crippen molar-refractivity contribution in [2.24, 2.45) is 10.7 Å². The second-order valence-corrected chi connectivity index (χ2v) is 5.61. The van der Waals surface area contributed by atoms with E-state index < -0.39 is 13.0 Å². The number of methoxy groups -OCH3 is 1. The average molecular weight is 547 g/mol. The molecule has 0 aliphatic rings. The average Bonchev–Trinajstić information content (AvgIpc) is 2.64. The van der Waals surface area contributed by atoms with E-state index in [9.17, 15) is 22.0 Å². The summed E-state index contributed by atoms with van der Waals surface area (Å²) in [5.74, 6) is -0.234. The Kier molecular flexibility index (Phi) is 9.89. The Bertz CT molecular complexity index is 833. The molecule has 166 valence electrons. The van der Waals surface area contributed by atoms with Gasteiger partial charge in [0.1, 0.15) is 5.75 Å². The molecule has 3 N–H and O–H groups in total. The zero-order chi connectivity index (χ0) is 21.4. The van der Waals surface area contributed by atoms with E-state index in [1.165, 1.54) is 43.5 Å². The molecule has 0 saturated heterocycles. The maximum Gasteiger partial charge on any atom is 0.573 e. The lowest BCUT2D eigenvalue weighted by Crippen LogP contribution is -2.31. The fourth-order valence-corrected chi connectivity index (χ4v) is 2.24. The second-order valence-electron chi connectivity index (χ2n) is 5.61. The van der Waals surface area contributed by atoms with Gasteiger partial charge < -0.3 is 25.3 Å². The van der Waals surface area contributed by atoms with Crippen LogP contribution in [0.5, 0.6) is 17.2 Å². The van der Waals surface area contributed by atoms with Crippen LogP contribution in [0.25, 0.3) is 0 Å². The fourth-order valence-electron chi connectivity index (χ4n) is 2.24. The van der Waals surface area contributed by atoms with Gasteiger partial charge in [0.15, 0.2) is 17.5 Å². The number of aliphatic imine (C=N–C) groups is 1. The number of rotatable bonds is 8. The van der Waals surface area contributed by atoms with Gasteiger partial charge in [-0.25, -0.2) is 4.99 Å². The Morgan fingerprint density at radius 1 is 1.07 bits per heavy atom. The Hall–Kier alpha value is -2.51. The van der Waals surface area contributed by atoms with E-state index in [0.717, 1.165) is 0 Å². The normalized spacial score (nSPS) is 11.6. The van der Waals surface area contributed by atoms with Gasteiger partial charge in [-0.2, -0.15) is 8.78 Å². The third-order valence-corrected chi connectivity index (χ3v) is 3.51. The highest BCUT2D eigenvalue weighted by molar-refractivity contribution is 14.0. The summed E-state index contributed by atoms with van der Waals surface area (Å²) in [5, 5.41) is 2.80. The number of nitrogens with one attached hydrogen (secondary N) is 1. The van der Waals surface area contributed by atoms with E-state index in [4.69, 9.17) is 10.5 Å². The number of nitrogens with zero attached hydrogens (tertiary/aromatic N) is 1. The highest BCUT2D eigenvalue weighted by Gasteiger charge is 2.30. The smallest absolute Gasteiger partial charge is 0.493 e. The summed E-state index contributed by atoms with van der Waals surface area (Å²) in [5.41, 5.74) is 6.95. The number of alkyl halides is 5. The zero-order valence-corrected chi connectivity index (χ0v) is 17.9. The number of hydrogen-bond donors (Lipinski definition) is 2. The highest BCUT2D eigenvalue weighted by atomic mass is 127. The van der Waals surface area contributed by atoms with E-state index in [0.29, 0.717) is 11.1 Å². The van der Waals surface area contributed by atoms with Crippen molar-refractivity contribution in [1.29, 1.82) is 0 Å². The van der Waals surface area contributed by atoms with Crippen molar-refractivity contribution in [3.8, 4) is 17.2 Å². The zero-order valence-electron chi connectivity index (χ0n) is 15.6. The molecule has 0 spiro atoms. The molecule has 2 aromatic rings. The van der Waals surface area contributed by atoms with Crippen LogP contribution in [0, 0.1) is 0 Å². The Morgan fingerprint density at radius 3 is 2.27 bits per heavy atom. The van der Waals surface area contributed by atoms with Crippen LogP contribution in [-0.2, 0) is 13.1 Å². The first-order valence-corrected chi connectivity index (χ1v) is 8.16. The van der Waals surface area contributed by atoms with Crippen molar-refractivity contribution < 1.29 is 36.2 Å². The van der Waals surface area contributed by atoms with Crippen LogP contribution < -0.4 is 25.3 Å². The minimum Gasteiger partial charge on any atom is -0.493 e.